The zero-order valence-corrected chi connectivity index (χ0v) is 6.88. The predicted molar refractivity (Wildman–Crippen MR) is 40.4 cm³/mol. The maximum atomic E-state index is 10.2. The fourth-order valence-corrected chi connectivity index (χ4v) is 0.751. The molecule has 1 unspecified atom stereocenters. The van der Waals surface area contributed by atoms with Crippen LogP contribution in [0.15, 0.2) is 0 Å². The molecule has 0 N–H and O–H groups in total. The molecule has 0 amide bonds. The van der Waals surface area contributed by atoms with E-state index in [1.165, 1.54) is 6.92 Å². The van der Waals surface area contributed by atoms with Crippen molar-refractivity contribution in [3.8, 4) is 0 Å². The van der Waals surface area contributed by atoms with Crippen LogP contribution in [0.1, 0.15) is 19.8 Å². The maximum Gasteiger partial charge on any atom is 0.302 e. The summed E-state index contributed by atoms with van der Waals surface area (Å²) >= 11 is 0. The third-order valence-electron chi connectivity index (χ3n) is 0.904. The molecule has 0 aromatic carbocycles. The third-order valence-corrected chi connectivity index (χ3v) is 1.31. The summed E-state index contributed by atoms with van der Waals surface area (Å²) in [4.78, 5) is 10.2. The molecule has 0 saturated heterocycles. The van der Waals surface area contributed by atoms with Crippen LogP contribution < -0.4 is 0 Å². The van der Waals surface area contributed by atoms with Gasteiger partial charge in [0.15, 0.2) is 0 Å². The molecule has 54 valence electrons. The van der Waals surface area contributed by atoms with E-state index in [-0.39, 0.29) is 5.97 Å². The highest BCUT2D eigenvalue weighted by Gasteiger charge is 1.89. The van der Waals surface area contributed by atoms with Crippen LogP contribution in [0.25, 0.3) is 0 Å². The monoisotopic (exact) mass is 148 g/mol. The molecule has 0 spiro atoms. The normalized spacial score (nSPS) is 9.11. The van der Waals surface area contributed by atoms with Crippen molar-refractivity contribution < 1.29 is 9.53 Å². The van der Waals surface area contributed by atoms with Crippen molar-refractivity contribution in [3.05, 3.63) is 0 Å². The Balaban J connectivity index is 2.83. The van der Waals surface area contributed by atoms with Gasteiger partial charge in [-0.1, -0.05) is 0 Å². The van der Waals surface area contributed by atoms with Crippen LogP contribution >= 0.6 is 9.24 Å². The molecular formula is C6H13O2P. The summed E-state index contributed by atoms with van der Waals surface area (Å²) in [5.41, 5.74) is 0. The number of carbonyl (C=O) groups is 1. The molecular weight excluding hydrogens is 135 g/mol. The molecule has 9 heavy (non-hydrogen) atoms. The Morgan fingerprint density at radius 3 is 2.67 bits per heavy atom. The molecule has 3 heteroatoms. The van der Waals surface area contributed by atoms with Gasteiger partial charge < -0.3 is 4.74 Å². The first-order valence-corrected chi connectivity index (χ1v) is 3.92. The van der Waals surface area contributed by atoms with E-state index in [0.717, 1.165) is 19.0 Å². The van der Waals surface area contributed by atoms with Crippen molar-refractivity contribution in [2.24, 2.45) is 0 Å². The Morgan fingerprint density at radius 2 is 2.22 bits per heavy atom. The number of hydrogen-bond donors (Lipinski definition) is 0. The molecule has 0 rings (SSSR count). The molecule has 0 radical (unpaired) electrons. The Morgan fingerprint density at radius 1 is 1.56 bits per heavy atom. The lowest BCUT2D eigenvalue weighted by atomic mass is 10.4. The summed E-state index contributed by atoms with van der Waals surface area (Å²) in [5.74, 6) is -0.182. The lowest BCUT2D eigenvalue weighted by molar-refractivity contribution is -0.141. The highest BCUT2D eigenvalue weighted by atomic mass is 31.0. The Kier molecular flexibility index (Phi) is 5.96. The molecule has 1 atom stereocenters. The van der Waals surface area contributed by atoms with E-state index < -0.39 is 0 Å². The first-order chi connectivity index (χ1) is 4.27. The fraction of sp³-hybridized carbons (Fsp3) is 0.833. The number of carbonyl (C=O) groups excluding carboxylic acids is 1. The smallest absolute Gasteiger partial charge is 0.302 e. The van der Waals surface area contributed by atoms with Gasteiger partial charge in [-0.3, -0.25) is 4.79 Å². The van der Waals surface area contributed by atoms with Crippen LogP contribution in [0.3, 0.4) is 0 Å². The topological polar surface area (TPSA) is 26.3 Å². The van der Waals surface area contributed by atoms with Crippen LogP contribution in [-0.4, -0.2) is 18.7 Å². The van der Waals surface area contributed by atoms with E-state index >= 15 is 0 Å². The Labute approximate surface area is 58.2 Å². The molecule has 0 bridgehead atoms. The molecule has 0 saturated carbocycles. The number of rotatable bonds is 4. The average Bonchev–Trinajstić information content (AvgIpc) is 1.80. The number of unbranched alkanes of at least 4 members (excludes halogenated alkanes) is 1. The quantitative estimate of drug-likeness (QED) is 0.340. The minimum Gasteiger partial charge on any atom is -0.466 e. The van der Waals surface area contributed by atoms with Gasteiger partial charge in [-0.2, -0.15) is 0 Å². The van der Waals surface area contributed by atoms with Gasteiger partial charge in [0, 0.05) is 6.92 Å². The maximum absolute atomic E-state index is 10.2. The van der Waals surface area contributed by atoms with Gasteiger partial charge in [0.1, 0.15) is 0 Å². The van der Waals surface area contributed by atoms with E-state index in [0.29, 0.717) is 6.61 Å². The minimum absolute atomic E-state index is 0.182. The van der Waals surface area contributed by atoms with Crippen LogP contribution in [-0.2, 0) is 9.53 Å². The summed E-state index contributed by atoms with van der Waals surface area (Å²) in [6, 6.07) is 0. The van der Waals surface area contributed by atoms with E-state index in [1.807, 2.05) is 0 Å². The van der Waals surface area contributed by atoms with Gasteiger partial charge in [0.05, 0.1) is 6.61 Å². The molecule has 2 nitrogen and oxygen atoms in total. The first-order valence-electron chi connectivity index (χ1n) is 3.11. The second kappa shape index (κ2) is 6.03. The summed E-state index contributed by atoms with van der Waals surface area (Å²) in [6.07, 6.45) is 3.17. The molecule has 0 aliphatic heterocycles. The van der Waals surface area contributed by atoms with E-state index in [9.17, 15) is 4.79 Å². The zero-order valence-electron chi connectivity index (χ0n) is 5.72. The van der Waals surface area contributed by atoms with Crippen molar-refractivity contribution in [1.29, 1.82) is 0 Å². The molecule has 0 aliphatic carbocycles. The van der Waals surface area contributed by atoms with Crippen molar-refractivity contribution in [1.82, 2.24) is 0 Å². The van der Waals surface area contributed by atoms with Gasteiger partial charge in [0.25, 0.3) is 0 Å². The van der Waals surface area contributed by atoms with Crippen molar-refractivity contribution >= 4 is 15.2 Å². The zero-order chi connectivity index (χ0) is 7.11. The number of esters is 1. The lowest BCUT2D eigenvalue weighted by Crippen LogP contribution is -2.00. The van der Waals surface area contributed by atoms with Gasteiger partial charge in [-0.25, -0.2) is 0 Å². The third kappa shape index (κ3) is 7.90. The van der Waals surface area contributed by atoms with Crippen molar-refractivity contribution in [3.63, 3.8) is 0 Å². The fourth-order valence-electron chi connectivity index (χ4n) is 0.462. The summed E-state index contributed by atoms with van der Waals surface area (Å²) in [7, 11) is 2.63. The standard InChI is InChI=1S/C6H13O2P/c1-6(7)8-4-2-3-5-9/h2-5,9H2,1H3. The number of hydrogen-bond acceptors (Lipinski definition) is 2. The SMILES string of the molecule is CC(=O)OCCCCP. The molecule has 0 heterocycles. The highest BCUT2D eigenvalue weighted by molar-refractivity contribution is 7.16. The average molecular weight is 148 g/mol. The van der Waals surface area contributed by atoms with Crippen LogP contribution in [0, 0.1) is 0 Å². The summed E-state index contributed by atoms with van der Waals surface area (Å²) < 4.78 is 4.70. The van der Waals surface area contributed by atoms with Gasteiger partial charge in [-0.15, -0.1) is 9.24 Å². The van der Waals surface area contributed by atoms with Crippen LogP contribution in [0.4, 0.5) is 0 Å². The predicted octanol–water partition coefficient (Wildman–Crippen LogP) is 1.20. The minimum atomic E-state index is -0.182. The summed E-state index contributed by atoms with van der Waals surface area (Å²) in [6.45, 7) is 2.00. The van der Waals surface area contributed by atoms with E-state index in [1.54, 1.807) is 0 Å². The van der Waals surface area contributed by atoms with E-state index in [4.69, 9.17) is 4.74 Å². The molecule has 0 aliphatic rings. The molecule has 0 aromatic rings. The van der Waals surface area contributed by atoms with Crippen LogP contribution in [0.5, 0.6) is 0 Å². The Bertz CT molecular complexity index is 83.1. The van der Waals surface area contributed by atoms with Gasteiger partial charge in [0.2, 0.25) is 0 Å². The van der Waals surface area contributed by atoms with Crippen molar-refractivity contribution in [2.75, 3.05) is 12.8 Å². The largest absolute Gasteiger partial charge is 0.466 e. The highest BCUT2D eigenvalue weighted by Crippen LogP contribution is 1.93. The van der Waals surface area contributed by atoms with E-state index in [2.05, 4.69) is 9.24 Å². The second-order valence-corrected chi connectivity index (χ2v) is 2.41. The van der Waals surface area contributed by atoms with Crippen molar-refractivity contribution in [2.45, 2.75) is 19.8 Å². The molecule has 0 aromatic heterocycles. The first kappa shape index (κ1) is 8.90. The summed E-state index contributed by atoms with van der Waals surface area (Å²) in [5, 5.41) is 0. The number of ether oxygens (including phenoxy) is 1. The second-order valence-electron chi connectivity index (χ2n) is 1.84. The lowest BCUT2D eigenvalue weighted by Gasteiger charge is -1.98. The molecule has 0 fully saturated rings. The van der Waals surface area contributed by atoms with Gasteiger partial charge in [-0.05, 0) is 19.0 Å². The van der Waals surface area contributed by atoms with Crippen LogP contribution in [0.2, 0.25) is 0 Å². The Hall–Kier alpha value is -0.100. The van der Waals surface area contributed by atoms with Gasteiger partial charge >= 0.3 is 5.97 Å².